The number of aromatic nitrogens is 2. The van der Waals surface area contributed by atoms with Crippen molar-refractivity contribution in [3.63, 3.8) is 0 Å². The average molecular weight is 439 g/mol. The van der Waals surface area contributed by atoms with Crippen LogP contribution in [0.4, 0.5) is 0 Å². The number of hydrogen-bond acceptors (Lipinski definition) is 4. The van der Waals surface area contributed by atoms with Gasteiger partial charge in [0.1, 0.15) is 5.75 Å². The Hall–Kier alpha value is -2.36. The lowest BCUT2D eigenvalue weighted by Crippen LogP contribution is -2.12. The Kier molecular flexibility index (Phi) is 13.2. The Labute approximate surface area is 195 Å². The molecular formula is C28H42N2O2. The van der Waals surface area contributed by atoms with Crippen molar-refractivity contribution in [1.29, 1.82) is 0 Å². The van der Waals surface area contributed by atoms with Gasteiger partial charge in [0.25, 0.3) is 0 Å². The van der Waals surface area contributed by atoms with E-state index < -0.39 is 0 Å². The maximum absolute atomic E-state index is 5.95. The summed E-state index contributed by atoms with van der Waals surface area (Å²) in [7, 11) is 0. The minimum Gasteiger partial charge on any atom is -0.494 e. The Morgan fingerprint density at radius 2 is 1.50 bits per heavy atom. The first-order chi connectivity index (χ1) is 15.7. The van der Waals surface area contributed by atoms with Crippen LogP contribution < -0.4 is 9.47 Å². The maximum Gasteiger partial charge on any atom is 0.159 e. The Balaban J connectivity index is 1.67. The van der Waals surface area contributed by atoms with E-state index in [2.05, 4.69) is 30.4 Å². The van der Waals surface area contributed by atoms with E-state index in [0.29, 0.717) is 5.82 Å². The molecule has 1 aromatic carbocycles. The first kappa shape index (κ1) is 25.9. The van der Waals surface area contributed by atoms with Gasteiger partial charge < -0.3 is 9.47 Å². The number of nitrogens with zero attached hydrogens (tertiary/aromatic N) is 2. The van der Waals surface area contributed by atoms with Gasteiger partial charge in [-0.25, -0.2) is 9.97 Å². The van der Waals surface area contributed by atoms with Crippen molar-refractivity contribution < 1.29 is 9.47 Å². The molecule has 1 aromatic heterocycles. The fraction of sp³-hybridized carbons (Fsp3) is 0.571. The Morgan fingerprint density at radius 3 is 2.19 bits per heavy atom. The third-order valence-corrected chi connectivity index (χ3v) is 5.61. The molecule has 0 radical (unpaired) electrons. The second-order valence-electron chi connectivity index (χ2n) is 8.59. The van der Waals surface area contributed by atoms with Gasteiger partial charge >= 0.3 is 0 Å². The third kappa shape index (κ3) is 10.8. The first-order valence-corrected chi connectivity index (χ1v) is 12.6. The van der Waals surface area contributed by atoms with Crippen molar-refractivity contribution in [2.45, 2.75) is 97.0 Å². The molecule has 0 aliphatic rings. The summed E-state index contributed by atoms with van der Waals surface area (Å²) >= 11 is 0. The molecule has 2 rings (SSSR count). The summed E-state index contributed by atoms with van der Waals surface area (Å²) in [5, 5.41) is 0. The zero-order valence-corrected chi connectivity index (χ0v) is 20.2. The van der Waals surface area contributed by atoms with Crippen LogP contribution in [0, 0.1) is 0 Å². The summed E-state index contributed by atoms with van der Waals surface area (Å²) in [5.74, 6) is 2.34. The maximum atomic E-state index is 5.95. The highest BCUT2D eigenvalue weighted by Gasteiger charge is 2.07. The van der Waals surface area contributed by atoms with Gasteiger partial charge in [-0.1, -0.05) is 57.9 Å². The minimum absolute atomic E-state index is 0.190. The predicted octanol–water partition coefficient (Wildman–Crippen LogP) is 8.18. The normalized spacial score (nSPS) is 11.8. The highest BCUT2D eigenvalue weighted by Crippen LogP contribution is 2.21. The molecule has 32 heavy (non-hydrogen) atoms. The van der Waals surface area contributed by atoms with Crippen LogP contribution >= 0.6 is 0 Å². The van der Waals surface area contributed by atoms with Gasteiger partial charge in [0, 0.05) is 5.56 Å². The smallest absolute Gasteiger partial charge is 0.159 e. The lowest BCUT2D eigenvalue weighted by atomic mass is 10.1. The van der Waals surface area contributed by atoms with Gasteiger partial charge in [-0.05, 0) is 63.3 Å². The molecule has 0 aliphatic carbocycles. The van der Waals surface area contributed by atoms with Gasteiger partial charge in [-0.3, -0.25) is 0 Å². The molecule has 0 amide bonds. The molecule has 176 valence electrons. The highest BCUT2D eigenvalue weighted by atomic mass is 16.5. The monoisotopic (exact) mass is 438 g/mol. The van der Waals surface area contributed by atoms with Crippen LogP contribution in [0.15, 0.2) is 49.3 Å². The van der Waals surface area contributed by atoms with Gasteiger partial charge in [0.05, 0.1) is 25.1 Å². The van der Waals surface area contributed by atoms with Crippen molar-refractivity contribution in [2.24, 2.45) is 0 Å². The molecule has 1 heterocycles. The van der Waals surface area contributed by atoms with Crippen LogP contribution in [0.5, 0.6) is 11.5 Å². The molecule has 0 N–H and O–H groups in total. The number of hydrogen-bond donors (Lipinski definition) is 0. The third-order valence-electron chi connectivity index (χ3n) is 5.61. The van der Waals surface area contributed by atoms with Crippen LogP contribution in [-0.2, 0) is 0 Å². The fourth-order valence-corrected chi connectivity index (χ4v) is 3.66. The van der Waals surface area contributed by atoms with Gasteiger partial charge in [0.15, 0.2) is 11.6 Å². The fourth-order valence-electron chi connectivity index (χ4n) is 3.66. The molecule has 4 nitrogen and oxygen atoms in total. The summed E-state index contributed by atoms with van der Waals surface area (Å²) in [6.07, 6.45) is 20.5. The molecule has 4 heteroatoms. The number of allylic oxidation sites excluding steroid dienone is 1. The molecule has 0 saturated carbocycles. The summed E-state index contributed by atoms with van der Waals surface area (Å²) in [5.41, 5.74) is 0.982. The van der Waals surface area contributed by atoms with Gasteiger partial charge in [0.2, 0.25) is 0 Å². The SMILES string of the molecule is C=CCCCCCCCCOc1ccc(-c2ncc(OC(C)CCCCCC)cn2)cc1. The summed E-state index contributed by atoms with van der Waals surface area (Å²) in [6, 6.07) is 8.02. The van der Waals surface area contributed by atoms with Crippen LogP contribution in [0.1, 0.15) is 90.9 Å². The highest BCUT2D eigenvalue weighted by molar-refractivity contribution is 5.56. The second-order valence-corrected chi connectivity index (χ2v) is 8.59. The molecule has 1 unspecified atom stereocenters. The number of unbranched alkanes of at least 4 members (excludes halogenated alkanes) is 9. The van der Waals surface area contributed by atoms with Crippen molar-refractivity contribution in [3.05, 3.63) is 49.3 Å². The van der Waals surface area contributed by atoms with Gasteiger partial charge in [-0.15, -0.1) is 6.58 Å². The summed E-state index contributed by atoms with van der Waals surface area (Å²) in [6.45, 7) is 8.88. The molecule has 1 atom stereocenters. The molecular weight excluding hydrogens is 396 g/mol. The van der Waals surface area contributed by atoms with E-state index in [4.69, 9.17) is 9.47 Å². The van der Waals surface area contributed by atoms with Crippen molar-refractivity contribution in [2.75, 3.05) is 6.61 Å². The van der Waals surface area contributed by atoms with Crippen molar-refractivity contribution in [1.82, 2.24) is 9.97 Å². The molecule has 0 fully saturated rings. The Morgan fingerprint density at radius 1 is 0.844 bits per heavy atom. The van der Waals surface area contributed by atoms with Crippen molar-refractivity contribution in [3.8, 4) is 22.9 Å². The lowest BCUT2D eigenvalue weighted by molar-refractivity contribution is 0.205. The topological polar surface area (TPSA) is 44.2 Å². The minimum atomic E-state index is 0.190. The lowest BCUT2D eigenvalue weighted by Gasteiger charge is -2.14. The standard InChI is InChI=1S/C28H42N2O2/c1-4-6-8-10-11-12-13-15-21-31-26-19-17-25(18-20-26)28-29-22-27(23-30-28)32-24(3)16-14-9-7-5-2/h4,17-20,22-24H,1,5-16,21H2,2-3H3. The average Bonchev–Trinajstić information content (AvgIpc) is 2.82. The molecule has 0 spiro atoms. The summed E-state index contributed by atoms with van der Waals surface area (Å²) in [4.78, 5) is 8.96. The van der Waals surface area contributed by atoms with Crippen LogP contribution in [0.2, 0.25) is 0 Å². The van der Waals surface area contributed by atoms with E-state index in [9.17, 15) is 0 Å². The second kappa shape index (κ2) is 16.3. The van der Waals surface area contributed by atoms with Gasteiger partial charge in [-0.2, -0.15) is 0 Å². The zero-order valence-electron chi connectivity index (χ0n) is 20.2. The van der Waals surface area contributed by atoms with E-state index in [1.165, 1.54) is 57.8 Å². The molecule has 2 aromatic rings. The van der Waals surface area contributed by atoms with Crippen LogP contribution in [0.3, 0.4) is 0 Å². The van der Waals surface area contributed by atoms with Crippen LogP contribution in [-0.4, -0.2) is 22.7 Å². The molecule has 0 bridgehead atoms. The van der Waals surface area contributed by atoms with E-state index in [0.717, 1.165) is 42.9 Å². The number of ether oxygens (including phenoxy) is 2. The van der Waals surface area contributed by atoms with E-state index in [1.807, 2.05) is 30.3 Å². The number of rotatable bonds is 18. The van der Waals surface area contributed by atoms with E-state index in [-0.39, 0.29) is 6.10 Å². The zero-order chi connectivity index (χ0) is 22.9. The quantitative estimate of drug-likeness (QED) is 0.174. The van der Waals surface area contributed by atoms with Crippen LogP contribution in [0.25, 0.3) is 11.4 Å². The van der Waals surface area contributed by atoms with E-state index in [1.54, 1.807) is 12.4 Å². The Bertz CT molecular complexity index is 728. The molecule has 0 aliphatic heterocycles. The largest absolute Gasteiger partial charge is 0.494 e. The molecule has 0 saturated heterocycles. The first-order valence-electron chi connectivity index (χ1n) is 12.6. The van der Waals surface area contributed by atoms with E-state index >= 15 is 0 Å². The summed E-state index contributed by atoms with van der Waals surface area (Å²) < 4.78 is 11.8. The number of benzene rings is 1. The van der Waals surface area contributed by atoms with Crippen molar-refractivity contribution >= 4 is 0 Å². The predicted molar refractivity (Wildman–Crippen MR) is 134 cm³/mol.